The van der Waals surface area contributed by atoms with E-state index in [4.69, 9.17) is 26.0 Å². The van der Waals surface area contributed by atoms with Crippen LogP contribution >= 0.6 is 0 Å². The Kier molecular flexibility index (Phi) is 7.87. The van der Waals surface area contributed by atoms with Gasteiger partial charge in [0.15, 0.2) is 5.69 Å². The number of halogens is 1. The van der Waals surface area contributed by atoms with E-state index in [1.807, 2.05) is 12.1 Å². The highest BCUT2D eigenvalue weighted by Gasteiger charge is 2.30. The molecule has 0 bridgehead atoms. The molecule has 2 aromatic carbocycles. The van der Waals surface area contributed by atoms with Gasteiger partial charge >= 0.3 is 5.97 Å². The molecular formula is C32H32FN5O4. The van der Waals surface area contributed by atoms with E-state index in [0.29, 0.717) is 18.0 Å². The Morgan fingerprint density at radius 1 is 1.17 bits per heavy atom. The Bertz CT molecular complexity index is 1650. The molecule has 42 heavy (non-hydrogen) atoms. The third-order valence-corrected chi connectivity index (χ3v) is 8.36. The number of fused-ring (bicyclic) bond motifs is 1. The summed E-state index contributed by atoms with van der Waals surface area (Å²) in [5, 5.41) is 9.54. The van der Waals surface area contributed by atoms with Gasteiger partial charge in [0.2, 0.25) is 5.88 Å². The van der Waals surface area contributed by atoms with Crippen LogP contribution in [0.5, 0.6) is 5.88 Å². The van der Waals surface area contributed by atoms with Crippen LogP contribution in [0.15, 0.2) is 54.6 Å². The first-order chi connectivity index (χ1) is 20.4. The molecule has 0 spiro atoms. The molecule has 2 aliphatic heterocycles. The molecular weight excluding hydrogens is 537 g/mol. The van der Waals surface area contributed by atoms with E-state index in [1.54, 1.807) is 36.4 Å². The van der Waals surface area contributed by atoms with Crippen molar-refractivity contribution in [3.05, 3.63) is 94.5 Å². The number of likely N-dealkylation sites (tertiary alicyclic amines) is 1. The van der Waals surface area contributed by atoms with Gasteiger partial charge < -0.3 is 19.1 Å². The maximum absolute atomic E-state index is 14.3. The highest BCUT2D eigenvalue weighted by atomic mass is 19.1. The second-order valence-corrected chi connectivity index (χ2v) is 10.9. The number of piperidine rings is 1. The quantitative estimate of drug-likeness (QED) is 0.243. The third kappa shape index (κ3) is 5.71. The predicted octanol–water partition coefficient (Wildman–Crippen LogP) is 6.13. The molecule has 0 radical (unpaired) electrons. The summed E-state index contributed by atoms with van der Waals surface area (Å²) in [5.74, 6) is 0.229. The lowest BCUT2D eigenvalue weighted by atomic mass is 9.92. The first-order valence-corrected chi connectivity index (χ1v) is 14.2. The Labute approximate surface area is 243 Å². The molecule has 216 valence electrons. The van der Waals surface area contributed by atoms with Crippen molar-refractivity contribution in [3.63, 3.8) is 0 Å². The molecule has 0 aliphatic carbocycles. The van der Waals surface area contributed by atoms with Crippen molar-refractivity contribution in [1.29, 1.82) is 0 Å². The third-order valence-electron chi connectivity index (χ3n) is 8.36. The van der Waals surface area contributed by atoms with Gasteiger partial charge in [0.05, 0.1) is 41.9 Å². The van der Waals surface area contributed by atoms with E-state index < -0.39 is 11.8 Å². The van der Waals surface area contributed by atoms with E-state index in [9.17, 15) is 14.3 Å². The Morgan fingerprint density at radius 3 is 2.67 bits per heavy atom. The molecule has 1 N–H and O–H groups in total. The van der Waals surface area contributed by atoms with E-state index in [2.05, 4.69) is 21.2 Å². The van der Waals surface area contributed by atoms with E-state index in [1.165, 1.54) is 6.07 Å². The van der Waals surface area contributed by atoms with Gasteiger partial charge in [-0.25, -0.2) is 24.0 Å². The van der Waals surface area contributed by atoms with Gasteiger partial charge in [0, 0.05) is 29.8 Å². The van der Waals surface area contributed by atoms with Crippen LogP contribution in [0.3, 0.4) is 0 Å². The summed E-state index contributed by atoms with van der Waals surface area (Å²) in [5.41, 5.74) is 3.46. The molecule has 2 fully saturated rings. The number of imidazole rings is 1. The van der Waals surface area contributed by atoms with E-state index >= 15 is 0 Å². The molecule has 9 nitrogen and oxygen atoms in total. The second kappa shape index (κ2) is 11.9. The van der Waals surface area contributed by atoms with E-state index in [-0.39, 0.29) is 35.9 Å². The summed E-state index contributed by atoms with van der Waals surface area (Å²) in [6.45, 7) is 12.4. The zero-order chi connectivity index (χ0) is 29.2. The van der Waals surface area contributed by atoms with Crippen LogP contribution in [0.2, 0.25) is 0 Å². The Hall–Kier alpha value is -4.33. The molecule has 4 heterocycles. The van der Waals surface area contributed by atoms with Crippen molar-refractivity contribution < 1.29 is 23.8 Å². The minimum atomic E-state index is -0.952. The monoisotopic (exact) mass is 569 g/mol. The van der Waals surface area contributed by atoms with Crippen LogP contribution in [-0.4, -0.2) is 56.3 Å². The second-order valence-electron chi connectivity index (χ2n) is 10.9. The number of hydrogen-bond donors (Lipinski definition) is 1. The van der Waals surface area contributed by atoms with Crippen molar-refractivity contribution in [2.45, 2.75) is 57.4 Å². The highest BCUT2D eigenvalue weighted by molar-refractivity contribution is 5.92. The number of pyridine rings is 1. The zero-order valence-electron chi connectivity index (χ0n) is 23.4. The van der Waals surface area contributed by atoms with Crippen molar-refractivity contribution in [1.82, 2.24) is 19.4 Å². The minimum Gasteiger partial charge on any atom is -0.478 e. The summed E-state index contributed by atoms with van der Waals surface area (Å²) in [7, 11) is 0. The largest absolute Gasteiger partial charge is 0.478 e. The maximum atomic E-state index is 14.3. The standard InChI is InChI=1S/C32H32FN5O4/c1-20(31-36-28-9-7-22(32(39)40)16-29(28)38(31)18-25-12-15-41-25)37-13-10-21(11-14-37)27-4-3-5-30(35-27)42-19-23-6-8-24(34-2)17-26(23)33/h3-9,16-17,20-21,25H,10-15,18-19H2,1H3,(H,39,40)/t20-,25+/m1/s1. The van der Waals surface area contributed by atoms with Gasteiger partial charge in [0.25, 0.3) is 0 Å². The van der Waals surface area contributed by atoms with Gasteiger partial charge in [-0.3, -0.25) is 4.90 Å². The lowest BCUT2D eigenvalue weighted by Gasteiger charge is -2.36. The summed E-state index contributed by atoms with van der Waals surface area (Å²) in [6.07, 6.45) is 2.94. The van der Waals surface area contributed by atoms with Crippen molar-refractivity contribution in [3.8, 4) is 5.88 Å². The fraction of sp³-hybridized carbons (Fsp3) is 0.375. The molecule has 2 saturated heterocycles. The summed E-state index contributed by atoms with van der Waals surface area (Å²) < 4.78 is 27.9. The molecule has 2 aromatic heterocycles. The number of benzene rings is 2. The minimum absolute atomic E-state index is 0.0391. The first-order valence-electron chi connectivity index (χ1n) is 14.2. The van der Waals surface area contributed by atoms with Crippen molar-refractivity contribution in [2.75, 3.05) is 19.7 Å². The number of carboxylic acid groups (broad SMARTS) is 1. The first kappa shape index (κ1) is 27.8. The van der Waals surface area contributed by atoms with Gasteiger partial charge in [-0.2, -0.15) is 0 Å². The highest BCUT2D eigenvalue weighted by Crippen LogP contribution is 2.34. The van der Waals surface area contributed by atoms with Crippen LogP contribution in [0.4, 0.5) is 10.1 Å². The normalized spacial score (nSPS) is 18.4. The van der Waals surface area contributed by atoms with Crippen LogP contribution in [0, 0.1) is 12.4 Å². The number of ether oxygens (including phenoxy) is 2. The van der Waals surface area contributed by atoms with Crippen LogP contribution < -0.4 is 4.74 Å². The SMILES string of the molecule is [C-]#[N+]c1ccc(COc2cccc(C3CCN([C@H](C)c4nc5ccc(C(=O)O)cc5n4C[C@@H]4CCO4)CC3)n2)c(F)c1. The van der Waals surface area contributed by atoms with Gasteiger partial charge in [0.1, 0.15) is 18.2 Å². The number of rotatable bonds is 9. The topological polar surface area (TPSA) is 94.1 Å². The fourth-order valence-corrected chi connectivity index (χ4v) is 5.78. The summed E-state index contributed by atoms with van der Waals surface area (Å²) in [4.78, 5) is 27.0. The van der Waals surface area contributed by atoms with Gasteiger partial charge in [-0.15, -0.1) is 0 Å². The molecule has 6 rings (SSSR count). The van der Waals surface area contributed by atoms with E-state index in [0.717, 1.165) is 61.5 Å². The Balaban J connectivity index is 1.13. The predicted molar refractivity (Wildman–Crippen MR) is 154 cm³/mol. The van der Waals surface area contributed by atoms with Crippen molar-refractivity contribution >= 4 is 22.7 Å². The molecule has 0 unspecified atom stereocenters. The summed E-state index contributed by atoms with van der Waals surface area (Å²) in [6, 6.07) is 15.2. The van der Waals surface area contributed by atoms with Crippen molar-refractivity contribution in [2.24, 2.45) is 0 Å². The van der Waals surface area contributed by atoms with Crippen LogP contribution in [0.25, 0.3) is 15.9 Å². The van der Waals surface area contributed by atoms with Gasteiger partial charge in [-0.1, -0.05) is 18.2 Å². The average Bonchev–Trinajstić information content (AvgIpc) is 3.35. The summed E-state index contributed by atoms with van der Waals surface area (Å²) >= 11 is 0. The number of aromatic carboxylic acids is 1. The lowest BCUT2D eigenvalue weighted by molar-refractivity contribution is -0.0594. The number of hydrogen-bond acceptors (Lipinski definition) is 6. The molecule has 2 atom stereocenters. The molecule has 0 saturated carbocycles. The molecule has 2 aliphatic rings. The molecule has 4 aromatic rings. The van der Waals surface area contributed by atoms with Crippen LogP contribution in [-0.2, 0) is 17.9 Å². The van der Waals surface area contributed by atoms with Gasteiger partial charge in [-0.05, 0) is 69.6 Å². The smallest absolute Gasteiger partial charge is 0.335 e. The average molecular weight is 570 g/mol. The molecule has 0 amide bonds. The Morgan fingerprint density at radius 2 is 1.98 bits per heavy atom. The zero-order valence-corrected chi connectivity index (χ0v) is 23.4. The number of aromatic nitrogens is 3. The van der Waals surface area contributed by atoms with Crippen LogP contribution in [0.1, 0.15) is 65.6 Å². The fourth-order valence-electron chi connectivity index (χ4n) is 5.78. The lowest BCUT2D eigenvalue weighted by Crippen LogP contribution is -2.37. The number of carbonyl (C=O) groups is 1. The number of carboxylic acids is 1. The number of nitrogens with zero attached hydrogens (tertiary/aromatic N) is 5. The molecule has 10 heteroatoms. The maximum Gasteiger partial charge on any atom is 0.335 e.